The molecule has 0 aliphatic carbocycles. The fourth-order valence-electron chi connectivity index (χ4n) is 5.94. The Labute approximate surface area is 227 Å². The first-order valence-corrected chi connectivity index (χ1v) is 14.0. The summed E-state index contributed by atoms with van der Waals surface area (Å²) in [6.45, 7) is 5.06. The second-order valence-electron chi connectivity index (χ2n) is 11.0. The van der Waals surface area contributed by atoms with Gasteiger partial charge in [-0.1, -0.05) is 18.2 Å². The van der Waals surface area contributed by atoms with Gasteiger partial charge < -0.3 is 25.2 Å². The van der Waals surface area contributed by atoms with Crippen molar-refractivity contribution in [3.63, 3.8) is 0 Å². The SMILES string of the molecule is COc1cccc(N(C)C)c1CN1CCC(Nc2nc(NCCC3CCCN3C)nc3ccccc23)CC1. The van der Waals surface area contributed by atoms with Crippen LogP contribution in [-0.2, 0) is 6.54 Å². The van der Waals surface area contributed by atoms with Crippen molar-refractivity contribution >= 4 is 28.4 Å². The molecule has 2 N–H and O–H groups in total. The predicted octanol–water partition coefficient (Wildman–Crippen LogP) is 4.68. The van der Waals surface area contributed by atoms with Crippen LogP contribution >= 0.6 is 0 Å². The van der Waals surface area contributed by atoms with Crippen LogP contribution in [0.4, 0.5) is 17.5 Å². The monoisotopic (exact) mass is 517 g/mol. The highest BCUT2D eigenvalue weighted by Crippen LogP contribution is 2.31. The van der Waals surface area contributed by atoms with Crippen LogP contribution in [0.15, 0.2) is 42.5 Å². The van der Waals surface area contributed by atoms with E-state index in [4.69, 9.17) is 14.7 Å². The molecule has 3 heterocycles. The molecule has 0 radical (unpaired) electrons. The molecule has 8 nitrogen and oxygen atoms in total. The number of likely N-dealkylation sites (tertiary alicyclic amines) is 2. The molecule has 0 spiro atoms. The van der Waals surface area contributed by atoms with Crippen LogP contribution in [-0.4, -0.2) is 86.3 Å². The van der Waals surface area contributed by atoms with Crippen LogP contribution in [0.2, 0.25) is 0 Å². The number of para-hydroxylation sites is 1. The molecule has 8 heteroatoms. The summed E-state index contributed by atoms with van der Waals surface area (Å²) in [5, 5.41) is 8.37. The van der Waals surface area contributed by atoms with Gasteiger partial charge in [0.1, 0.15) is 11.6 Å². The minimum Gasteiger partial charge on any atom is -0.496 e. The summed E-state index contributed by atoms with van der Waals surface area (Å²) in [5.74, 6) is 2.62. The van der Waals surface area contributed by atoms with Crippen LogP contribution in [0, 0.1) is 0 Å². The fourth-order valence-corrected chi connectivity index (χ4v) is 5.94. The maximum absolute atomic E-state index is 5.70. The Bertz CT molecular complexity index is 1210. The molecule has 1 aromatic heterocycles. The molecule has 2 aliphatic heterocycles. The van der Waals surface area contributed by atoms with Gasteiger partial charge >= 0.3 is 0 Å². The molecule has 5 rings (SSSR count). The third kappa shape index (κ3) is 6.13. The second-order valence-corrected chi connectivity index (χ2v) is 11.0. The first kappa shape index (κ1) is 26.5. The van der Waals surface area contributed by atoms with E-state index in [1.165, 1.54) is 30.6 Å². The largest absolute Gasteiger partial charge is 0.496 e. The van der Waals surface area contributed by atoms with Gasteiger partial charge in [0.15, 0.2) is 0 Å². The average Bonchev–Trinajstić information content (AvgIpc) is 3.34. The standard InChI is InChI=1S/C30H43N7O/c1-35(2)27-12-7-13-28(38-4)25(27)21-37-19-15-22(16-20-37)32-29-24-10-5-6-11-26(24)33-30(34-29)31-17-14-23-9-8-18-36(23)3/h5-7,10-13,22-23H,8-9,14-21H2,1-4H3,(H2,31,32,33,34). The number of aromatic nitrogens is 2. The summed E-state index contributed by atoms with van der Waals surface area (Å²) in [6.07, 6.45) is 5.85. The summed E-state index contributed by atoms with van der Waals surface area (Å²) in [5.41, 5.74) is 3.46. The average molecular weight is 518 g/mol. The zero-order valence-corrected chi connectivity index (χ0v) is 23.4. The van der Waals surface area contributed by atoms with Gasteiger partial charge in [-0.3, -0.25) is 4.90 Å². The van der Waals surface area contributed by atoms with Crippen molar-refractivity contribution in [1.29, 1.82) is 0 Å². The molecule has 0 bridgehead atoms. The van der Waals surface area contributed by atoms with Gasteiger partial charge in [0.25, 0.3) is 0 Å². The molecule has 2 aromatic carbocycles. The quantitative estimate of drug-likeness (QED) is 0.402. The Morgan fingerprint density at radius 3 is 2.55 bits per heavy atom. The maximum atomic E-state index is 5.70. The van der Waals surface area contributed by atoms with E-state index >= 15 is 0 Å². The highest BCUT2D eigenvalue weighted by molar-refractivity contribution is 5.90. The number of nitrogens with zero attached hydrogens (tertiary/aromatic N) is 5. The number of ether oxygens (including phenoxy) is 1. The molecule has 1 unspecified atom stereocenters. The smallest absolute Gasteiger partial charge is 0.225 e. The number of nitrogens with one attached hydrogen (secondary N) is 2. The summed E-state index contributed by atoms with van der Waals surface area (Å²) >= 11 is 0. The number of hydrogen-bond donors (Lipinski definition) is 2. The van der Waals surface area contributed by atoms with Crippen LogP contribution in [0.3, 0.4) is 0 Å². The fraction of sp³-hybridized carbons (Fsp3) is 0.533. The Morgan fingerprint density at radius 1 is 1.00 bits per heavy atom. The van der Waals surface area contributed by atoms with Crippen molar-refractivity contribution in [3.8, 4) is 5.75 Å². The van der Waals surface area contributed by atoms with Crippen LogP contribution in [0.5, 0.6) is 5.75 Å². The molecule has 2 aliphatic rings. The van der Waals surface area contributed by atoms with Crippen LogP contribution in [0.1, 0.15) is 37.7 Å². The molecule has 2 saturated heterocycles. The number of methoxy groups -OCH3 is 1. The maximum Gasteiger partial charge on any atom is 0.225 e. The van der Waals surface area contributed by atoms with Crippen LogP contribution in [0.25, 0.3) is 10.9 Å². The minimum absolute atomic E-state index is 0.385. The lowest BCUT2D eigenvalue weighted by atomic mass is 10.0. The van der Waals surface area contributed by atoms with Crippen molar-refractivity contribution in [2.75, 3.05) is 70.0 Å². The molecule has 0 saturated carbocycles. The summed E-state index contributed by atoms with van der Waals surface area (Å²) in [7, 11) is 8.18. The topological polar surface area (TPSA) is 68.8 Å². The zero-order chi connectivity index (χ0) is 26.5. The van der Waals surface area contributed by atoms with E-state index in [0.717, 1.165) is 73.9 Å². The Balaban J connectivity index is 1.22. The normalized spacial score (nSPS) is 19.1. The van der Waals surface area contributed by atoms with Crippen LogP contribution < -0.4 is 20.3 Å². The molecule has 0 amide bonds. The van der Waals surface area contributed by atoms with E-state index < -0.39 is 0 Å². The number of piperidine rings is 1. The molecule has 204 valence electrons. The highest BCUT2D eigenvalue weighted by atomic mass is 16.5. The first-order chi connectivity index (χ1) is 18.5. The summed E-state index contributed by atoms with van der Waals surface area (Å²) in [4.78, 5) is 16.9. The van der Waals surface area contributed by atoms with Crippen molar-refractivity contribution < 1.29 is 4.74 Å². The van der Waals surface area contributed by atoms with Crippen molar-refractivity contribution in [1.82, 2.24) is 19.8 Å². The van der Waals surface area contributed by atoms with E-state index in [1.54, 1.807) is 7.11 Å². The molecule has 1 atom stereocenters. The Morgan fingerprint density at radius 2 is 1.82 bits per heavy atom. The highest BCUT2D eigenvalue weighted by Gasteiger charge is 2.23. The van der Waals surface area contributed by atoms with E-state index in [1.807, 2.05) is 0 Å². The number of anilines is 3. The van der Waals surface area contributed by atoms with Gasteiger partial charge in [0.2, 0.25) is 5.95 Å². The number of fused-ring (bicyclic) bond motifs is 1. The van der Waals surface area contributed by atoms with E-state index in [9.17, 15) is 0 Å². The minimum atomic E-state index is 0.385. The van der Waals surface area contributed by atoms with Gasteiger partial charge in [-0.15, -0.1) is 0 Å². The Hall–Kier alpha value is -3.10. The summed E-state index contributed by atoms with van der Waals surface area (Å²) in [6, 6.07) is 15.7. The number of hydrogen-bond acceptors (Lipinski definition) is 8. The lowest BCUT2D eigenvalue weighted by molar-refractivity contribution is 0.209. The van der Waals surface area contributed by atoms with Crippen molar-refractivity contribution in [3.05, 3.63) is 48.0 Å². The van der Waals surface area contributed by atoms with Crippen molar-refractivity contribution in [2.24, 2.45) is 0 Å². The van der Waals surface area contributed by atoms with E-state index in [-0.39, 0.29) is 0 Å². The van der Waals surface area contributed by atoms with Gasteiger partial charge in [0, 0.05) is 69.0 Å². The number of rotatable bonds is 10. The van der Waals surface area contributed by atoms with Gasteiger partial charge in [-0.05, 0) is 70.0 Å². The van der Waals surface area contributed by atoms with Gasteiger partial charge in [0.05, 0.1) is 12.6 Å². The first-order valence-electron chi connectivity index (χ1n) is 14.0. The molecular weight excluding hydrogens is 474 g/mol. The van der Waals surface area contributed by atoms with E-state index in [2.05, 4.69) is 88.9 Å². The van der Waals surface area contributed by atoms with Gasteiger partial charge in [-0.2, -0.15) is 4.98 Å². The summed E-state index contributed by atoms with van der Waals surface area (Å²) < 4.78 is 5.70. The molecule has 3 aromatic rings. The van der Waals surface area contributed by atoms with Crippen molar-refractivity contribution in [2.45, 2.75) is 50.7 Å². The second kappa shape index (κ2) is 12.2. The molecule has 38 heavy (non-hydrogen) atoms. The third-order valence-corrected chi connectivity index (χ3v) is 8.16. The number of benzene rings is 2. The van der Waals surface area contributed by atoms with Gasteiger partial charge in [-0.25, -0.2) is 4.98 Å². The lowest BCUT2D eigenvalue weighted by Gasteiger charge is -2.34. The molecular formula is C30H43N7O. The zero-order valence-electron chi connectivity index (χ0n) is 23.4. The third-order valence-electron chi connectivity index (χ3n) is 8.16. The lowest BCUT2D eigenvalue weighted by Crippen LogP contribution is -2.39. The Kier molecular flexibility index (Phi) is 8.49. The van der Waals surface area contributed by atoms with E-state index in [0.29, 0.717) is 12.1 Å². The predicted molar refractivity (Wildman–Crippen MR) is 158 cm³/mol. The molecule has 2 fully saturated rings.